The average Bonchev–Trinajstić information content (AvgIpc) is 2.87. The molecule has 1 amide bonds. The van der Waals surface area contributed by atoms with Crippen LogP contribution in [0, 0.1) is 0 Å². The Morgan fingerprint density at radius 2 is 1.81 bits per heavy atom. The number of amides is 1. The first-order chi connectivity index (χ1) is 14.7. The number of rotatable bonds is 1. The molecular weight excluding hydrogens is 429 g/mol. The highest BCUT2D eigenvalue weighted by Gasteiger charge is 2.55. The summed E-state index contributed by atoms with van der Waals surface area (Å²) in [6, 6.07) is 3.95. The van der Waals surface area contributed by atoms with Crippen LogP contribution in [0.3, 0.4) is 0 Å². The van der Waals surface area contributed by atoms with Crippen molar-refractivity contribution in [3.63, 3.8) is 0 Å². The van der Waals surface area contributed by atoms with E-state index in [1.54, 1.807) is 4.90 Å². The van der Waals surface area contributed by atoms with E-state index >= 15 is 0 Å². The Kier molecular flexibility index (Phi) is 5.89. The van der Waals surface area contributed by atoms with Gasteiger partial charge in [-0.1, -0.05) is 11.6 Å². The van der Waals surface area contributed by atoms with Gasteiger partial charge in [-0.3, -0.25) is 0 Å². The fraction of sp³-hybridized carbons (Fsp3) is 0.708. The van der Waals surface area contributed by atoms with Gasteiger partial charge in [0.05, 0.1) is 24.4 Å². The maximum atomic E-state index is 12.9. The molecule has 1 unspecified atom stereocenters. The van der Waals surface area contributed by atoms with E-state index in [-0.39, 0.29) is 6.09 Å². The van der Waals surface area contributed by atoms with Gasteiger partial charge in [0.25, 0.3) is 0 Å². The molecule has 0 aromatic heterocycles. The number of ether oxygens (including phenoxy) is 2. The number of benzene rings is 1. The van der Waals surface area contributed by atoms with Gasteiger partial charge >= 0.3 is 13.2 Å². The van der Waals surface area contributed by atoms with E-state index in [0.29, 0.717) is 24.7 Å². The Morgan fingerprint density at radius 3 is 2.44 bits per heavy atom. The molecule has 2 heterocycles. The van der Waals surface area contributed by atoms with Crippen LogP contribution in [-0.4, -0.2) is 54.6 Å². The van der Waals surface area contributed by atoms with Gasteiger partial charge in [-0.2, -0.15) is 0 Å². The van der Waals surface area contributed by atoms with Gasteiger partial charge in [-0.15, -0.1) is 0 Å². The first-order valence-corrected chi connectivity index (χ1v) is 11.9. The summed E-state index contributed by atoms with van der Waals surface area (Å²) >= 11 is 6.55. The number of carbonyl (C=O) groups excluding carboxylic acids is 1. The Morgan fingerprint density at radius 1 is 1.16 bits per heavy atom. The van der Waals surface area contributed by atoms with Crippen molar-refractivity contribution in [2.24, 2.45) is 0 Å². The molecule has 4 rings (SSSR count). The van der Waals surface area contributed by atoms with Crippen LogP contribution in [0.15, 0.2) is 12.1 Å². The van der Waals surface area contributed by atoms with Crippen LogP contribution in [-0.2, 0) is 30.8 Å². The molecule has 0 bridgehead atoms. The second-order valence-electron chi connectivity index (χ2n) is 11.2. The number of hydrogen-bond acceptors (Lipinski definition) is 5. The van der Waals surface area contributed by atoms with Gasteiger partial charge in [0.1, 0.15) is 11.2 Å². The lowest BCUT2D eigenvalue weighted by atomic mass is 9.66. The molecule has 2 fully saturated rings. The highest BCUT2D eigenvalue weighted by molar-refractivity contribution is 6.63. The molecule has 8 heteroatoms. The summed E-state index contributed by atoms with van der Waals surface area (Å²) < 4.78 is 25.0. The minimum Gasteiger partial charge on any atom is -0.444 e. The van der Waals surface area contributed by atoms with E-state index < -0.39 is 29.5 Å². The van der Waals surface area contributed by atoms with E-state index in [0.717, 1.165) is 35.9 Å². The highest BCUT2D eigenvalue weighted by atomic mass is 35.5. The summed E-state index contributed by atoms with van der Waals surface area (Å²) in [6.45, 7) is 15.2. The molecule has 2 saturated heterocycles. The van der Waals surface area contributed by atoms with Gasteiger partial charge in [-0.05, 0) is 96.5 Å². The number of fused-ring (bicyclic) bond motifs is 2. The lowest BCUT2D eigenvalue weighted by Crippen LogP contribution is -2.57. The quantitative estimate of drug-likeness (QED) is 0.576. The van der Waals surface area contributed by atoms with Crippen molar-refractivity contribution in [2.45, 2.75) is 90.1 Å². The largest absolute Gasteiger partial charge is 0.495 e. The Balaban J connectivity index is 1.74. The van der Waals surface area contributed by atoms with E-state index in [9.17, 15) is 4.79 Å². The molecule has 1 spiro atoms. The molecular formula is C24H35BClNO5. The normalized spacial score (nSPS) is 26.9. The van der Waals surface area contributed by atoms with Crippen LogP contribution in [0.5, 0.6) is 0 Å². The molecule has 0 N–H and O–H groups in total. The molecule has 1 aromatic rings. The smallest absolute Gasteiger partial charge is 0.444 e. The molecule has 1 aliphatic carbocycles. The molecule has 0 saturated carbocycles. The fourth-order valence-corrected chi connectivity index (χ4v) is 5.10. The van der Waals surface area contributed by atoms with Crippen molar-refractivity contribution >= 4 is 30.3 Å². The molecule has 0 radical (unpaired) electrons. The zero-order chi connectivity index (χ0) is 23.5. The van der Waals surface area contributed by atoms with Gasteiger partial charge in [-0.25, -0.2) is 4.79 Å². The van der Waals surface area contributed by atoms with E-state index in [1.807, 2.05) is 60.6 Å². The summed E-state index contributed by atoms with van der Waals surface area (Å²) in [6.07, 6.45) is 2.37. The first kappa shape index (κ1) is 23.9. The highest BCUT2D eigenvalue weighted by Crippen LogP contribution is 2.43. The topological polar surface area (TPSA) is 57.2 Å². The monoisotopic (exact) mass is 463 g/mol. The SMILES string of the molecule is CC(C)(C)OC(=O)N1CCOC2(CCCc3cc(Cl)cc(B4OC(C)(C)C(C)(C)O4)c32)C1. The maximum absolute atomic E-state index is 12.9. The summed E-state index contributed by atoms with van der Waals surface area (Å²) in [7, 11) is -0.553. The van der Waals surface area contributed by atoms with E-state index in [1.165, 1.54) is 0 Å². The van der Waals surface area contributed by atoms with Gasteiger partial charge in [0, 0.05) is 11.6 Å². The lowest BCUT2D eigenvalue weighted by molar-refractivity contribution is -0.121. The van der Waals surface area contributed by atoms with Crippen LogP contribution in [0.25, 0.3) is 0 Å². The summed E-state index contributed by atoms with van der Waals surface area (Å²) in [5.41, 5.74) is 0.979. The van der Waals surface area contributed by atoms with Crippen LogP contribution < -0.4 is 5.46 Å². The second kappa shape index (κ2) is 7.90. The zero-order valence-corrected chi connectivity index (χ0v) is 21.1. The van der Waals surface area contributed by atoms with Crippen molar-refractivity contribution in [1.29, 1.82) is 0 Å². The summed E-state index contributed by atoms with van der Waals surface area (Å²) in [5, 5.41) is 0.658. The predicted molar refractivity (Wildman–Crippen MR) is 126 cm³/mol. The summed E-state index contributed by atoms with van der Waals surface area (Å²) in [4.78, 5) is 14.7. The molecule has 3 aliphatic rings. The van der Waals surface area contributed by atoms with E-state index in [2.05, 4.69) is 0 Å². The summed E-state index contributed by atoms with van der Waals surface area (Å²) in [5.74, 6) is 0. The number of aryl methyl sites for hydroxylation is 1. The van der Waals surface area contributed by atoms with Gasteiger partial charge < -0.3 is 23.7 Å². The third kappa shape index (κ3) is 4.29. The average molecular weight is 464 g/mol. The van der Waals surface area contributed by atoms with Crippen molar-refractivity contribution in [3.8, 4) is 0 Å². The Labute approximate surface area is 197 Å². The van der Waals surface area contributed by atoms with Crippen molar-refractivity contribution in [1.82, 2.24) is 4.90 Å². The van der Waals surface area contributed by atoms with Crippen LogP contribution in [0.2, 0.25) is 5.02 Å². The van der Waals surface area contributed by atoms with Crippen molar-refractivity contribution < 1.29 is 23.6 Å². The van der Waals surface area contributed by atoms with Crippen LogP contribution in [0.4, 0.5) is 4.79 Å². The Hall–Kier alpha value is -1.28. The molecule has 1 atom stereocenters. The molecule has 176 valence electrons. The first-order valence-electron chi connectivity index (χ1n) is 11.5. The number of hydrogen-bond donors (Lipinski definition) is 0. The zero-order valence-electron chi connectivity index (χ0n) is 20.3. The fourth-order valence-electron chi connectivity index (χ4n) is 4.85. The molecule has 32 heavy (non-hydrogen) atoms. The molecule has 6 nitrogen and oxygen atoms in total. The number of halogens is 1. The van der Waals surface area contributed by atoms with Crippen molar-refractivity contribution in [3.05, 3.63) is 28.3 Å². The standard InChI is InChI=1S/C24H35BClNO5/c1-21(2,3)30-20(28)27-11-12-29-24(15-27)10-8-9-16-13-17(26)14-18(19(16)24)25-31-22(4,5)23(6,7)32-25/h13-14H,8-12,15H2,1-7H3. The molecule has 2 aliphatic heterocycles. The minimum absolute atomic E-state index is 0.307. The van der Waals surface area contributed by atoms with Crippen molar-refractivity contribution in [2.75, 3.05) is 19.7 Å². The van der Waals surface area contributed by atoms with Crippen LogP contribution in [0.1, 0.15) is 72.4 Å². The van der Waals surface area contributed by atoms with Gasteiger partial charge in [0.2, 0.25) is 0 Å². The lowest BCUT2D eigenvalue weighted by Gasteiger charge is -2.47. The maximum Gasteiger partial charge on any atom is 0.495 e. The van der Waals surface area contributed by atoms with Crippen LogP contribution >= 0.6 is 11.6 Å². The minimum atomic E-state index is -0.633. The number of morpholine rings is 1. The third-order valence-corrected chi connectivity index (χ3v) is 7.26. The predicted octanol–water partition coefficient (Wildman–Crippen LogP) is 4.44. The third-order valence-electron chi connectivity index (χ3n) is 7.04. The van der Waals surface area contributed by atoms with Gasteiger partial charge in [0.15, 0.2) is 0 Å². The number of carbonyl (C=O) groups is 1. The second-order valence-corrected chi connectivity index (χ2v) is 11.7. The Bertz CT molecular complexity index is 896. The number of nitrogens with zero attached hydrogens (tertiary/aromatic N) is 1. The van der Waals surface area contributed by atoms with E-state index in [4.69, 9.17) is 30.4 Å². The molecule has 1 aromatic carbocycles.